The number of hydrogen-bond acceptors (Lipinski definition) is 3. The summed E-state index contributed by atoms with van der Waals surface area (Å²) < 4.78 is 38.0. The van der Waals surface area contributed by atoms with Crippen LogP contribution in [0.25, 0.3) is 11.0 Å². The van der Waals surface area contributed by atoms with Crippen LogP contribution in [-0.4, -0.2) is 35.5 Å². The Morgan fingerprint density at radius 3 is 3.00 bits per heavy atom. The van der Waals surface area contributed by atoms with Crippen molar-refractivity contribution in [2.75, 3.05) is 12.8 Å². The summed E-state index contributed by atoms with van der Waals surface area (Å²) in [6, 6.07) is 4.02. The van der Waals surface area contributed by atoms with E-state index in [0.717, 1.165) is 12.8 Å². The molecule has 19 heavy (non-hydrogen) atoms. The number of benzene rings is 1. The third-order valence-electron chi connectivity index (χ3n) is 3.41. The number of nitrogens with zero attached hydrogens (tertiary/aromatic N) is 2. The highest BCUT2D eigenvalue weighted by Gasteiger charge is 2.34. The van der Waals surface area contributed by atoms with Crippen molar-refractivity contribution >= 4 is 21.1 Å². The molecular formula is C12H14FN3O2S. The molecule has 1 aromatic heterocycles. The quantitative estimate of drug-likeness (QED) is 0.914. The Morgan fingerprint density at radius 1 is 1.47 bits per heavy atom. The Hall–Kier alpha value is -1.47. The van der Waals surface area contributed by atoms with Gasteiger partial charge in [-0.1, -0.05) is 0 Å². The van der Waals surface area contributed by atoms with Crippen molar-refractivity contribution in [3.63, 3.8) is 0 Å². The molecule has 0 aliphatic carbocycles. The molecule has 0 bridgehead atoms. The van der Waals surface area contributed by atoms with E-state index in [-0.39, 0.29) is 11.9 Å². The largest absolute Gasteiger partial charge is 0.341 e. The fourth-order valence-electron chi connectivity index (χ4n) is 2.57. The number of aromatic nitrogens is 2. The van der Waals surface area contributed by atoms with E-state index in [9.17, 15) is 12.8 Å². The number of hydrogen-bond donors (Lipinski definition) is 1. The molecule has 102 valence electrons. The SMILES string of the molecule is CS(=O)(=O)N1CCCC1c1nc2ccc(F)cc2[nH]1. The molecule has 1 aromatic carbocycles. The van der Waals surface area contributed by atoms with Gasteiger partial charge in [0.1, 0.15) is 11.6 Å². The van der Waals surface area contributed by atoms with Crippen LogP contribution < -0.4 is 0 Å². The molecule has 2 heterocycles. The summed E-state index contributed by atoms with van der Waals surface area (Å²) in [4.78, 5) is 7.39. The Labute approximate surface area is 110 Å². The van der Waals surface area contributed by atoms with E-state index in [0.29, 0.717) is 23.4 Å². The summed E-state index contributed by atoms with van der Waals surface area (Å²) >= 11 is 0. The average Bonchev–Trinajstić information content (AvgIpc) is 2.92. The van der Waals surface area contributed by atoms with Gasteiger partial charge in [0.2, 0.25) is 10.0 Å². The lowest BCUT2D eigenvalue weighted by Gasteiger charge is -2.19. The average molecular weight is 283 g/mol. The lowest BCUT2D eigenvalue weighted by molar-refractivity contribution is 0.389. The van der Waals surface area contributed by atoms with E-state index < -0.39 is 10.0 Å². The molecule has 0 amide bonds. The maximum absolute atomic E-state index is 13.1. The topological polar surface area (TPSA) is 66.1 Å². The first-order valence-electron chi connectivity index (χ1n) is 6.07. The van der Waals surface area contributed by atoms with Crippen LogP contribution >= 0.6 is 0 Å². The van der Waals surface area contributed by atoms with Crippen molar-refractivity contribution in [3.8, 4) is 0 Å². The number of sulfonamides is 1. The Morgan fingerprint density at radius 2 is 2.26 bits per heavy atom. The molecule has 3 rings (SSSR count). The van der Waals surface area contributed by atoms with Gasteiger partial charge in [0.05, 0.1) is 23.3 Å². The second-order valence-electron chi connectivity index (χ2n) is 4.82. The van der Waals surface area contributed by atoms with E-state index in [1.54, 1.807) is 6.07 Å². The first-order valence-corrected chi connectivity index (χ1v) is 7.92. The van der Waals surface area contributed by atoms with Crippen molar-refractivity contribution in [1.29, 1.82) is 0 Å². The molecule has 0 saturated carbocycles. The molecule has 0 spiro atoms. The zero-order chi connectivity index (χ0) is 13.6. The van der Waals surface area contributed by atoms with Crippen LogP contribution in [0, 0.1) is 5.82 Å². The van der Waals surface area contributed by atoms with Gasteiger partial charge >= 0.3 is 0 Å². The predicted molar refractivity (Wildman–Crippen MR) is 69.6 cm³/mol. The van der Waals surface area contributed by atoms with E-state index >= 15 is 0 Å². The number of imidazole rings is 1. The Bertz CT molecular complexity index is 726. The van der Waals surface area contributed by atoms with E-state index in [1.807, 2.05) is 0 Å². The second kappa shape index (κ2) is 4.28. The molecule has 7 heteroatoms. The van der Waals surface area contributed by atoms with Crippen LogP contribution in [-0.2, 0) is 10.0 Å². The van der Waals surface area contributed by atoms with Crippen LogP contribution in [0.1, 0.15) is 24.7 Å². The molecule has 1 N–H and O–H groups in total. The minimum absolute atomic E-state index is 0.273. The number of nitrogens with one attached hydrogen (secondary N) is 1. The smallest absolute Gasteiger partial charge is 0.211 e. The summed E-state index contributed by atoms with van der Waals surface area (Å²) in [6.45, 7) is 0.509. The van der Waals surface area contributed by atoms with Gasteiger partial charge < -0.3 is 4.98 Å². The normalized spacial score (nSPS) is 21.3. The van der Waals surface area contributed by atoms with Crippen molar-refractivity contribution in [2.24, 2.45) is 0 Å². The number of halogens is 1. The highest BCUT2D eigenvalue weighted by Crippen LogP contribution is 2.33. The zero-order valence-electron chi connectivity index (χ0n) is 10.4. The van der Waals surface area contributed by atoms with Gasteiger partial charge in [0.25, 0.3) is 0 Å². The monoisotopic (exact) mass is 283 g/mol. The lowest BCUT2D eigenvalue weighted by Crippen LogP contribution is -2.29. The highest BCUT2D eigenvalue weighted by atomic mass is 32.2. The molecular weight excluding hydrogens is 269 g/mol. The predicted octanol–water partition coefficient (Wildman–Crippen LogP) is 1.80. The summed E-state index contributed by atoms with van der Waals surface area (Å²) in [7, 11) is -3.25. The van der Waals surface area contributed by atoms with Gasteiger partial charge in [-0.3, -0.25) is 0 Å². The minimum Gasteiger partial charge on any atom is -0.341 e. The van der Waals surface area contributed by atoms with Gasteiger partial charge in [-0.25, -0.2) is 17.8 Å². The van der Waals surface area contributed by atoms with E-state index in [2.05, 4.69) is 9.97 Å². The van der Waals surface area contributed by atoms with Gasteiger partial charge in [0, 0.05) is 6.54 Å². The summed E-state index contributed by atoms with van der Waals surface area (Å²) in [5.41, 5.74) is 1.24. The molecule has 1 fully saturated rings. The maximum atomic E-state index is 13.1. The molecule has 1 saturated heterocycles. The third kappa shape index (κ3) is 2.23. The molecule has 0 radical (unpaired) electrons. The minimum atomic E-state index is -3.25. The standard InChI is InChI=1S/C12H14FN3O2S/c1-19(17,18)16-6-2-3-11(16)12-14-9-5-4-8(13)7-10(9)15-12/h4-5,7,11H,2-3,6H2,1H3,(H,14,15). The fraction of sp³-hybridized carbons (Fsp3) is 0.417. The van der Waals surface area contributed by atoms with Gasteiger partial charge in [-0.05, 0) is 31.0 Å². The molecule has 1 unspecified atom stereocenters. The number of aromatic amines is 1. The van der Waals surface area contributed by atoms with Crippen LogP contribution in [0.15, 0.2) is 18.2 Å². The van der Waals surface area contributed by atoms with Gasteiger partial charge in [0.15, 0.2) is 0 Å². The Kier molecular flexibility index (Phi) is 2.83. The van der Waals surface area contributed by atoms with Crippen molar-refractivity contribution < 1.29 is 12.8 Å². The van der Waals surface area contributed by atoms with Crippen molar-refractivity contribution in [2.45, 2.75) is 18.9 Å². The first kappa shape index (κ1) is 12.6. The van der Waals surface area contributed by atoms with Gasteiger partial charge in [-0.2, -0.15) is 4.31 Å². The molecule has 1 atom stereocenters. The van der Waals surface area contributed by atoms with E-state index in [1.165, 1.54) is 22.7 Å². The number of H-pyrrole nitrogens is 1. The zero-order valence-corrected chi connectivity index (χ0v) is 11.2. The number of fused-ring (bicyclic) bond motifs is 1. The molecule has 5 nitrogen and oxygen atoms in total. The second-order valence-corrected chi connectivity index (χ2v) is 6.75. The van der Waals surface area contributed by atoms with Crippen LogP contribution in [0.5, 0.6) is 0 Å². The molecule has 1 aliphatic rings. The number of rotatable bonds is 2. The molecule has 1 aliphatic heterocycles. The molecule has 2 aromatic rings. The summed E-state index contributed by atoms with van der Waals surface area (Å²) in [5.74, 6) is 0.248. The lowest BCUT2D eigenvalue weighted by atomic mass is 10.2. The highest BCUT2D eigenvalue weighted by molar-refractivity contribution is 7.88. The summed E-state index contributed by atoms with van der Waals surface area (Å²) in [6.07, 6.45) is 2.74. The summed E-state index contributed by atoms with van der Waals surface area (Å²) in [5, 5.41) is 0. The van der Waals surface area contributed by atoms with Gasteiger partial charge in [-0.15, -0.1) is 0 Å². The third-order valence-corrected chi connectivity index (χ3v) is 4.70. The van der Waals surface area contributed by atoms with E-state index in [4.69, 9.17) is 0 Å². The maximum Gasteiger partial charge on any atom is 0.211 e. The van der Waals surface area contributed by atoms with Crippen LogP contribution in [0.3, 0.4) is 0 Å². The Balaban J connectivity index is 2.04. The van der Waals surface area contributed by atoms with Crippen LogP contribution in [0.2, 0.25) is 0 Å². The first-order chi connectivity index (χ1) is 8.95. The fourth-order valence-corrected chi connectivity index (χ4v) is 3.70. The van der Waals surface area contributed by atoms with Crippen molar-refractivity contribution in [3.05, 3.63) is 29.8 Å². The van der Waals surface area contributed by atoms with Crippen molar-refractivity contribution in [1.82, 2.24) is 14.3 Å². The van der Waals surface area contributed by atoms with Crippen LogP contribution in [0.4, 0.5) is 4.39 Å².